The molecule has 1 heterocycles. The number of benzene rings is 2. The minimum atomic E-state index is -0.599. The first-order valence-electron chi connectivity index (χ1n) is 7.41. The number of ether oxygens (including phenoxy) is 1. The molecule has 5 nitrogen and oxygen atoms in total. The van der Waals surface area contributed by atoms with Gasteiger partial charge in [-0.15, -0.1) is 0 Å². The number of thioether (sulfide) groups is 1. The van der Waals surface area contributed by atoms with E-state index in [4.69, 9.17) is 4.74 Å². The van der Waals surface area contributed by atoms with Crippen LogP contribution in [0.4, 0.5) is 9.18 Å². The minimum absolute atomic E-state index is 0.191. The van der Waals surface area contributed by atoms with Crippen molar-refractivity contribution in [2.24, 2.45) is 0 Å². The highest BCUT2D eigenvalue weighted by atomic mass is 79.9. The van der Waals surface area contributed by atoms with E-state index in [-0.39, 0.29) is 22.6 Å². The zero-order valence-electron chi connectivity index (χ0n) is 13.1. The highest BCUT2D eigenvalue weighted by Gasteiger charge is 2.25. The fraction of sp³-hybridized carbons (Fsp3) is 0.0556. The number of carbonyl (C=O) groups excluding carboxylic acids is 3. The molecule has 0 atom stereocenters. The summed E-state index contributed by atoms with van der Waals surface area (Å²) in [5.41, 5.74) is 0.905. The molecule has 1 fully saturated rings. The molecule has 1 N–H and O–H groups in total. The van der Waals surface area contributed by atoms with Gasteiger partial charge in [0, 0.05) is 0 Å². The minimum Gasteiger partial charge on any atom is -0.425 e. The molecule has 2 aromatic carbocycles. The van der Waals surface area contributed by atoms with Gasteiger partial charge in [0.05, 0.1) is 15.8 Å². The third kappa shape index (κ3) is 4.39. The summed E-state index contributed by atoms with van der Waals surface area (Å²) in [7, 11) is 0. The number of esters is 1. The number of imide groups is 1. The predicted molar refractivity (Wildman–Crippen MR) is 99.0 cm³/mol. The number of amides is 2. The van der Waals surface area contributed by atoms with E-state index in [1.165, 1.54) is 12.1 Å². The molecule has 0 aliphatic carbocycles. The molecule has 0 saturated carbocycles. The maximum atomic E-state index is 13.6. The number of rotatable bonds is 4. The lowest BCUT2D eigenvalue weighted by Crippen LogP contribution is -2.17. The molecule has 1 saturated heterocycles. The lowest BCUT2D eigenvalue weighted by molar-refractivity contribution is -0.133. The molecule has 26 heavy (non-hydrogen) atoms. The maximum absolute atomic E-state index is 13.6. The molecule has 8 heteroatoms. The van der Waals surface area contributed by atoms with Crippen molar-refractivity contribution in [3.05, 3.63) is 68.8 Å². The first-order chi connectivity index (χ1) is 12.4. The third-order valence-corrected chi connectivity index (χ3v) is 4.84. The summed E-state index contributed by atoms with van der Waals surface area (Å²) < 4.78 is 19.3. The topological polar surface area (TPSA) is 72.5 Å². The van der Waals surface area contributed by atoms with Gasteiger partial charge in [0.2, 0.25) is 0 Å². The van der Waals surface area contributed by atoms with Gasteiger partial charge in [0.25, 0.3) is 11.1 Å². The van der Waals surface area contributed by atoms with Crippen molar-refractivity contribution in [1.82, 2.24) is 5.32 Å². The molecule has 1 aliphatic heterocycles. The van der Waals surface area contributed by atoms with Crippen LogP contribution in [0.2, 0.25) is 0 Å². The number of hydrogen-bond donors (Lipinski definition) is 1. The van der Waals surface area contributed by atoms with Crippen molar-refractivity contribution in [3.63, 3.8) is 0 Å². The number of hydrogen-bond acceptors (Lipinski definition) is 5. The van der Waals surface area contributed by atoms with Crippen LogP contribution in [0.15, 0.2) is 51.8 Å². The monoisotopic (exact) mass is 435 g/mol. The molecule has 1 aliphatic rings. The van der Waals surface area contributed by atoms with Gasteiger partial charge in [0.1, 0.15) is 11.6 Å². The smallest absolute Gasteiger partial charge is 0.315 e. The second-order valence-corrected chi connectivity index (χ2v) is 7.15. The van der Waals surface area contributed by atoms with E-state index < -0.39 is 22.9 Å². The Morgan fingerprint density at radius 3 is 2.65 bits per heavy atom. The molecule has 3 rings (SSSR count). The Morgan fingerprint density at radius 2 is 2.00 bits per heavy atom. The van der Waals surface area contributed by atoms with E-state index in [0.29, 0.717) is 10.0 Å². The van der Waals surface area contributed by atoms with Crippen LogP contribution >= 0.6 is 27.7 Å². The van der Waals surface area contributed by atoms with E-state index >= 15 is 0 Å². The summed E-state index contributed by atoms with van der Waals surface area (Å²) >= 11 is 4.11. The van der Waals surface area contributed by atoms with Gasteiger partial charge in [-0.25, -0.2) is 4.39 Å². The lowest BCUT2D eigenvalue weighted by Gasteiger charge is -2.08. The Labute approximate surface area is 160 Å². The highest BCUT2D eigenvalue weighted by Crippen LogP contribution is 2.30. The van der Waals surface area contributed by atoms with E-state index in [2.05, 4.69) is 21.2 Å². The van der Waals surface area contributed by atoms with Crippen LogP contribution < -0.4 is 10.1 Å². The third-order valence-electron chi connectivity index (χ3n) is 3.41. The summed E-state index contributed by atoms with van der Waals surface area (Å²) in [5.74, 6) is -1.24. The first kappa shape index (κ1) is 18.3. The van der Waals surface area contributed by atoms with Gasteiger partial charge in [-0.1, -0.05) is 24.3 Å². The number of carbonyl (C=O) groups is 3. The molecular weight excluding hydrogens is 425 g/mol. The van der Waals surface area contributed by atoms with Crippen LogP contribution in [-0.2, 0) is 16.0 Å². The van der Waals surface area contributed by atoms with Crippen LogP contribution in [-0.4, -0.2) is 17.1 Å². The fourth-order valence-corrected chi connectivity index (χ4v) is 3.38. The highest BCUT2D eigenvalue weighted by molar-refractivity contribution is 9.10. The molecule has 2 amide bonds. The average Bonchev–Trinajstić information content (AvgIpc) is 2.89. The SMILES string of the molecule is O=C(Cc1ccccc1F)Oc1ccc(C=C2SC(=O)NC2=O)cc1Br. The molecule has 2 aromatic rings. The van der Waals surface area contributed by atoms with Gasteiger partial charge in [0.15, 0.2) is 0 Å². The Hall–Kier alpha value is -2.45. The first-order valence-corrected chi connectivity index (χ1v) is 9.02. The summed E-state index contributed by atoms with van der Waals surface area (Å²) in [6.07, 6.45) is 1.37. The molecule has 0 spiro atoms. The molecule has 0 bridgehead atoms. The van der Waals surface area contributed by atoms with E-state index in [0.717, 1.165) is 11.8 Å². The van der Waals surface area contributed by atoms with Crippen LogP contribution in [0.1, 0.15) is 11.1 Å². The van der Waals surface area contributed by atoms with Crippen LogP contribution in [0, 0.1) is 5.82 Å². The summed E-state index contributed by atoms with van der Waals surface area (Å²) in [6.45, 7) is 0. The summed E-state index contributed by atoms with van der Waals surface area (Å²) in [4.78, 5) is 35.0. The lowest BCUT2D eigenvalue weighted by atomic mass is 10.1. The standard InChI is InChI=1S/C18H11BrFNO4S/c19-12-7-10(8-15-17(23)21-18(24)26-15)5-6-14(12)25-16(22)9-11-3-1-2-4-13(11)20/h1-8H,9H2,(H,21,23,24). The zero-order valence-corrected chi connectivity index (χ0v) is 15.5. The van der Waals surface area contributed by atoms with Gasteiger partial charge < -0.3 is 4.74 Å². The van der Waals surface area contributed by atoms with E-state index in [1.54, 1.807) is 36.4 Å². The number of halogens is 2. The molecule has 0 aromatic heterocycles. The molecule has 132 valence electrons. The van der Waals surface area contributed by atoms with Crippen molar-refractivity contribution < 1.29 is 23.5 Å². The number of nitrogens with one attached hydrogen (secondary N) is 1. The molecule has 0 radical (unpaired) electrons. The van der Waals surface area contributed by atoms with Gasteiger partial charge in [-0.3, -0.25) is 19.7 Å². The van der Waals surface area contributed by atoms with Crippen LogP contribution in [0.5, 0.6) is 5.75 Å². The van der Waals surface area contributed by atoms with Gasteiger partial charge >= 0.3 is 5.97 Å². The summed E-state index contributed by atoms with van der Waals surface area (Å²) in [5, 5.41) is 1.75. The normalized spacial score (nSPS) is 15.2. The van der Waals surface area contributed by atoms with E-state index in [1.807, 2.05) is 0 Å². The largest absolute Gasteiger partial charge is 0.425 e. The maximum Gasteiger partial charge on any atom is 0.315 e. The summed E-state index contributed by atoms with van der Waals surface area (Å²) in [6, 6.07) is 10.8. The predicted octanol–water partition coefficient (Wildman–Crippen LogP) is 4.06. The van der Waals surface area contributed by atoms with E-state index in [9.17, 15) is 18.8 Å². The van der Waals surface area contributed by atoms with Gasteiger partial charge in [-0.05, 0) is 63.1 Å². The second kappa shape index (κ2) is 7.84. The zero-order chi connectivity index (χ0) is 18.7. The molecule has 0 unspecified atom stereocenters. The van der Waals surface area contributed by atoms with Crippen LogP contribution in [0.25, 0.3) is 6.08 Å². The quantitative estimate of drug-likeness (QED) is 0.445. The van der Waals surface area contributed by atoms with Crippen molar-refractivity contribution in [3.8, 4) is 5.75 Å². The Bertz CT molecular complexity index is 945. The van der Waals surface area contributed by atoms with Crippen molar-refractivity contribution >= 4 is 50.9 Å². The van der Waals surface area contributed by atoms with Crippen molar-refractivity contribution in [2.45, 2.75) is 6.42 Å². The Balaban J connectivity index is 1.71. The average molecular weight is 436 g/mol. The second-order valence-electron chi connectivity index (χ2n) is 5.28. The Morgan fingerprint density at radius 1 is 1.23 bits per heavy atom. The van der Waals surface area contributed by atoms with Crippen molar-refractivity contribution in [1.29, 1.82) is 0 Å². The van der Waals surface area contributed by atoms with Crippen LogP contribution in [0.3, 0.4) is 0 Å². The van der Waals surface area contributed by atoms with Gasteiger partial charge in [-0.2, -0.15) is 0 Å². The van der Waals surface area contributed by atoms with Crippen molar-refractivity contribution in [2.75, 3.05) is 0 Å². The Kier molecular flexibility index (Phi) is 5.53. The molecular formula is C18H11BrFNO4S. The fourth-order valence-electron chi connectivity index (χ4n) is 2.22.